The number of aryl methyl sites for hydroxylation is 1. The van der Waals surface area contributed by atoms with Crippen molar-refractivity contribution < 1.29 is 9.18 Å². The van der Waals surface area contributed by atoms with Gasteiger partial charge in [0, 0.05) is 18.3 Å². The second kappa shape index (κ2) is 8.40. The monoisotopic (exact) mass is 340 g/mol. The number of aromatic nitrogens is 2. The van der Waals surface area contributed by atoms with Gasteiger partial charge in [-0.05, 0) is 32.0 Å². The van der Waals surface area contributed by atoms with Gasteiger partial charge in [-0.2, -0.15) is 5.10 Å². The van der Waals surface area contributed by atoms with Crippen molar-refractivity contribution in [1.82, 2.24) is 15.1 Å². The van der Waals surface area contributed by atoms with Crippen molar-refractivity contribution in [1.29, 1.82) is 0 Å². The summed E-state index contributed by atoms with van der Waals surface area (Å²) in [6.45, 7) is 2.40. The van der Waals surface area contributed by atoms with Crippen LogP contribution in [0.5, 0.6) is 0 Å². The van der Waals surface area contributed by atoms with Crippen LogP contribution in [0.3, 0.4) is 0 Å². The summed E-state index contributed by atoms with van der Waals surface area (Å²) in [5.41, 5.74) is 5.18. The minimum absolute atomic E-state index is 0. The van der Waals surface area contributed by atoms with Gasteiger partial charge in [-0.3, -0.25) is 9.59 Å². The smallest absolute Gasteiger partial charge is 0.275 e. The predicted octanol–water partition coefficient (Wildman–Crippen LogP) is 1.18. The molecular weight excluding hydrogens is 323 g/mol. The molecule has 0 spiro atoms. The summed E-state index contributed by atoms with van der Waals surface area (Å²) in [6, 6.07) is 7.28. The van der Waals surface area contributed by atoms with Gasteiger partial charge >= 0.3 is 0 Å². The molecule has 124 valence electrons. The number of para-hydroxylation sites is 1. The molecule has 2 aromatic rings. The van der Waals surface area contributed by atoms with Gasteiger partial charge in [0.1, 0.15) is 11.5 Å². The van der Waals surface area contributed by atoms with E-state index in [0.29, 0.717) is 25.2 Å². The average Bonchev–Trinajstić information content (AvgIpc) is 2.48. The Morgan fingerprint density at radius 1 is 1.39 bits per heavy atom. The van der Waals surface area contributed by atoms with Crippen LogP contribution >= 0.6 is 12.4 Å². The quantitative estimate of drug-likeness (QED) is 0.800. The highest BCUT2D eigenvalue weighted by Gasteiger charge is 2.16. The Kier molecular flexibility index (Phi) is 6.87. The fourth-order valence-corrected chi connectivity index (χ4v) is 1.96. The molecular formula is C15H18ClFN4O2. The van der Waals surface area contributed by atoms with Crippen LogP contribution in [0.2, 0.25) is 0 Å². The molecule has 6 nitrogen and oxygen atoms in total. The molecule has 0 aliphatic rings. The Hall–Kier alpha value is -2.25. The van der Waals surface area contributed by atoms with E-state index < -0.39 is 17.2 Å². The Balaban J connectivity index is 0.00000264. The maximum Gasteiger partial charge on any atom is 0.275 e. The van der Waals surface area contributed by atoms with E-state index in [0.717, 1.165) is 0 Å². The van der Waals surface area contributed by atoms with Crippen molar-refractivity contribution in [2.75, 3.05) is 13.1 Å². The van der Waals surface area contributed by atoms with Gasteiger partial charge in [-0.15, -0.1) is 12.4 Å². The van der Waals surface area contributed by atoms with Crippen molar-refractivity contribution in [3.63, 3.8) is 0 Å². The first-order valence-electron chi connectivity index (χ1n) is 6.88. The zero-order valence-electron chi connectivity index (χ0n) is 12.6. The SMILES string of the molecule is Cc1cc(=O)c(C(=O)NCCCN)nn1-c1ccccc1F.Cl. The third-order valence-electron chi connectivity index (χ3n) is 3.07. The van der Waals surface area contributed by atoms with Crippen molar-refractivity contribution >= 4 is 18.3 Å². The largest absolute Gasteiger partial charge is 0.350 e. The minimum Gasteiger partial charge on any atom is -0.350 e. The van der Waals surface area contributed by atoms with E-state index in [-0.39, 0.29) is 23.8 Å². The second-order valence-corrected chi connectivity index (χ2v) is 4.76. The van der Waals surface area contributed by atoms with Crippen LogP contribution in [-0.4, -0.2) is 28.8 Å². The predicted molar refractivity (Wildman–Crippen MR) is 87.8 cm³/mol. The Morgan fingerprint density at radius 3 is 2.74 bits per heavy atom. The van der Waals surface area contributed by atoms with E-state index in [4.69, 9.17) is 5.73 Å². The van der Waals surface area contributed by atoms with E-state index in [1.807, 2.05) is 0 Å². The molecule has 8 heteroatoms. The lowest BCUT2D eigenvalue weighted by atomic mass is 10.2. The number of hydrogen-bond donors (Lipinski definition) is 2. The third kappa shape index (κ3) is 4.37. The molecule has 0 atom stereocenters. The van der Waals surface area contributed by atoms with Crippen molar-refractivity contribution in [3.05, 3.63) is 57.8 Å². The van der Waals surface area contributed by atoms with E-state index in [2.05, 4.69) is 10.4 Å². The van der Waals surface area contributed by atoms with Gasteiger partial charge < -0.3 is 11.1 Å². The minimum atomic E-state index is -0.594. The van der Waals surface area contributed by atoms with E-state index in [1.54, 1.807) is 19.1 Å². The number of nitrogens with two attached hydrogens (primary N) is 1. The number of rotatable bonds is 5. The molecule has 1 aromatic carbocycles. The normalized spacial score (nSPS) is 10.0. The van der Waals surface area contributed by atoms with Gasteiger partial charge in [-0.1, -0.05) is 12.1 Å². The Morgan fingerprint density at radius 2 is 2.09 bits per heavy atom. The van der Waals surface area contributed by atoms with Crippen LogP contribution in [0.1, 0.15) is 22.6 Å². The number of hydrogen-bond acceptors (Lipinski definition) is 4. The van der Waals surface area contributed by atoms with Crippen LogP contribution in [0.4, 0.5) is 4.39 Å². The van der Waals surface area contributed by atoms with Crippen molar-refractivity contribution in [2.45, 2.75) is 13.3 Å². The van der Waals surface area contributed by atoms with Crippen molar-refractivity contribution in [2.24, 2.45) is 5.73 Å². The third-order valence-corrected chi connectivity index (χ3v) is 3.07. The molecule has 23 heavy (non-hydrogen) atoms. The molecule has 0 bridgehead atoms. The molecule has 1 amide bonds. The standard InChI is InChI=1S/C15H17FN4O2.ClH/c1-10-9-13(21)14(15(22)18-8-4-7-17)19-20(10)12-6-3-2-5-11(12)16;/h2-3,5-6,9H,4,7-8,17H2,1H3,(H,18,22);1H. The number of carbonyl (C=O) groups excluding carboxylic acids is 1. The van der Waals surface area contributed by atoms with E-state index in [1.165, 1.54) is 22.9 Å². The number of halogens is 2. The summed E-state index contributed by atoms with van der Waals surface area (Å²) in [4.78, 5) is 23.9. The first-order chi connectivity index (χ1) is 10.5. The van der Waals surface area contributed by atoms with Crippen LogP contribution in [0.15, 0.2) is 35.1 Å². The molecule has 1 heterocycles. The molecule has 0 radical (unpaired) electrons. The lowest BCUT2D eigenvalue weighted by Gasteiger charge is -2.12. The van der Waals surface area contributed by atoms with Crippen LogP contribution in [0, 0.1) is 12.7 Å². The molecule has 0 aliphatic heterocycles. The fourth-order valence-electron chi connectivity index (χ4n) is 1.96. The zero-order valence-corrected chi connectivity index (χ0v) is 13.4. The van der Waals surface area contributed by atoms with Crippen molar-refractivity contribution in [3.8, 4) is 5.69 Å². The molecule has 0 saturated heterocycles. The van der Waals surface area contributed by atoms with E-state index in [9.17, 15) is 14.0 Å². The summed E-state index contributed by atoms with van der Waals surface area (Å²) in [6.07, 6.45) is 0.596. The van der Waals surface area contributed by atoms with Crippen LogP contribution < -0.4 is 16.5 Å². The van der Waals surface area contributed by atoms with Gasteiger partial charge in [-0.25, -0.2) is 9.07 Å². The molecule has 2 rings (SSSR count). The molecule has 0 unspecified atom stereocenters. The second-order valence-electron chi connectivity index (χ2n) is 4.76. The van der Waals surface area contributed by atoms with Crippen LogP contribution in [-0.2, 0) is 0 Å². The molecule has 0 aliphatic carbocycles. The summed E-state index contributed by atoms with van der Waals surface area (Å²) in [7, 11) is 0. The zero-order chi connectivity index (χ0) is 16.1. The van der Waals surface area contributed by atoms with Gasteiger partial charge in [0.2, 0.25) is 5.43 Å². The maximum absolute atomic E-state index is 13.9. The first-order valence-corrected chi connectivity index (χ1v) is 6.88. The summed E-state index contributed by atoms with van der Waals surface area (Å²) in [5, 5.41) is 6.57. The van der Waals surface area contributed by atoms with Gasteiger partial charge in [0.05, 0.1) is 0 Å². The summed E-state index contributed by atoms with van der Waals surface area (Å²) >= 11 is 0. The number of amides is 1. The van der Waals surface area contributed by atoms with Gasteiger partial charge in [0.15, 0.2) is 5.69 Å². The summed E-state index contributed by atoms with van der Waals surface area (Å²) in [5.74, 6) is -1.08. The van der Waals surface area contributed by atoms with E-state index >= 15 is 0 Å². The summed E-state index contributed by atoms with van der Waals surface area (Å²) < 4.78 is 15.1. The highest BCUT2D eigenvalue weighted by atomic mass is 35.5. The lowest BCUT2D eigenvalue weighted by molar-refractivity contribution is 0.0945. The highest BCUT2D eigenvalue weighted by molar-refractivity contribution is 5.92. The molecule has 0 fully saturated rings. The number of carbonyl (C=O) groups is 1. The first kappa shape index (κ1) is 18.8. The number of benzene rings is 1. The highest BCUT2D eigenvalue weighted by Crippen LogP contribution is 2.12. The maximum atomic E-state index is 13.9. The fraction of sp³-hybridized carbons (Fsp3) is 0.267. The Bertz CT molecular complexity index is 748. The Labute approximate surface area is 138 Å². The van der Waals surface area contributed by atoms with Crippen LogP contribution in [0.25, 0.3) is 5.69 Å². The molecule has 0 saturated carbocycles. The topological polar surface area (TPSA) is 90.0 Å². The van der Waals surface area contributed by atoms with Gasteiger partial charge in [0.25, 0.3) is 5.91 Å². The lowest BCUT2D eigenvalue weighted by Crippen LogP contribution is -2.33. The molecule has 1 aromatic heterocycles. The molecule has 3 N–H and O–H groups in total. The average molecular weight is 341 g/mol. The number of nitrogens with zero attached hydrogens (tertiary/aromatic N) is 2. The number of nitrogens with one attached hydrogen (secondary N) is 1.